The van der Waals surface area contributed by atoms with Gasteiger partial charge in [-0.3, -0.25) is 4.79 Å². The highest BCUT2D eigenvalue weighted by Crippen LogP contribution is 2.19. The number of benzene rings is 1. The lowest BCUT2D eigenvalue weighted by Gasteiger charge is -2.20. The second-order valence-corrected chi connectivity index (χ2v) is 5.62. The minimum absolute atomic E-state index is 0.109. The van der Waals surface area contributed by atoms with Crippen molar-refractivity contribution in [3.63, 3.8) is 0 Å². The summed E-state index contributed by atoms with van der Waals surface area (Å²) in [7, 11) is 1.71. The van der Waals surface area contributed by atoms with Crippen molar-refractivity contribution in [3.05, 3.63) is 29.6 Å². The summed E-state index contributed by atoms with van der Waals surface area (Å²) in [4.78, 5) is 13.1. The van der Waals surface area contributed by atoms with Gasteiger partial charge < -0.3 is 15.5 Å². The fraction of sp³-hybridized carbons (Fsp3) is 0.562. The number of carbonyl (C=O) groups excluding carboxylic acids is 1. The number of halogens is 1. The van der Waals surface area contributed by atoms with Crippen molar-refractivity contribution in [1.29, 1.82) is 0 Å². The Morgan fingerprint density at radius 1 is 1.38 bits per heavy atom. The second kappa shape index (κ2) is 8.62. The van der Waals surface area contributed by atoms with Gasteiger partial charge in [0, 0.05) is 20.1 Å². The zero-order valence-electron chi connectivity index (χ0n) is 13.4. The number of hydrogen-bond donors (Lipinski definition) is 2. The Morgan fingerprint density at radius 2 is 2.10 bits per heavy atom. The van der Waals surface area contributed by atoms with Crippen LogP contribution in [0.3, 0.4) is 0 Å². The number of likely N-dealkylation sites (N-methyl/N-ethyl adjacent to an activating group) is 2. The van der Waals surface area contributed by atoms with Gasteiger partial charge in [-0.2, -0.15) is 0 Å². The van der Waals surface area contributed by atoms with E-state index >= 15 is 0 Å². The molecular formula is C16H26FN3O. The Bertz CT molecular complexity index is 463. The first-order valence-electron chi connectivity index (χ1n) is 7.41. The summed E-state index contributed by atoms with van der Waals surface area (Å²) in [5.74, 6) is 0.157. The smallest absolute Gasteiger partial charge is 0.239 e. The van der Waals surface area contributed by atoms with Crippen molar-refractivity contribution in [3.8, 4) is 0 Å². The molecule has 2 N–H and O–H groups in total. The second-order valence-electron chi connectivity index (χ2n) is 5.62. The third-order valence-electron chi connectivity index (χ3n) is 3.06. The van der Waals surface area contributed by atoms with Crippen LogP contribution in [0.5, 0.6) is 0 Å². The van der Waals surface area contributed by atoms with E-state index in [2.05, 4.69) is 24.5 Å². The summed E-state index contributed by atoms with van der Waals surface area (Å²) < 4.78 is 14.1. The standard InChI is InChI=1S/C16H26FN3O/c1-5-19-16(21)11-20(4)15-7-6-13(8-14(15)17)10-18-9-12(2)3/h6-8,12,18H,5,9-11H2,1-4H3,(H,19,21). The minimum atomic E-state index is -0.300. The molecule has 1 aromatic carbocycles. The predicted molar refractivity (Wildman–Crippen MR) is 84.9 cm³/mol. The molecule has 1 aromatic rings. The maximum absolute atomic E-state index is 14.1. The summed E-state index contributed by atoms with van der Waals surface area (Å²) in [6.07, 6.45) is 0. The monoisotopic (exact) mass is 295 g/mol. The van der Waals surface area contributed by atoms with Crippen LogP contribution in [0.4, 0.5) is 10.1 Å². The highest BCUT2D eigenvalue weighted by Gasteiger charge is 2.11. The van der Waals surface area contributed by atoms with Gasteiger partial charge in [0.15, 0.2) is 0 Å². The van der Waals surface area contributed by atoms with Crippen LogP contribution in [-0.4, -0.2) is 32.6 Å². The number of amides is 1. The maximum atomic E-state index is 14.1. The largest absolute Gasteiger partial charge is 0.363 e. The third kappa shape index (κ3) is 6.12. The average Bonchev–Trinajstić information content (AvgIpc) is 2.38. The molecule has 1 rings (SSSR count). The van der Waals surface area contributed by atoms with Gasteiger partial charge in [-0.1, -0.05) is 19.9 Å². The van der Waals surface area contributed by atoms with Crippen LogP contribution in [-0.2, 0) is 11.3 Å². The highest BCUT2D eigenvalue weighted by atomic mass is 19.1. The molecule has 1 amide bonds. The molecular weight excluding hydrogens is 269 g/mol. The molecule has 0 heterocycles. The fourth-order valence-electron chi connectivity index (χ4n) is 2.03. The van der Waals surface area contributed by atoms with E-state index in [4.69, 9.17) is 0 Å². The Hall–Kier alpha value is -1.62. The zero-order chi connectivity index (χ0) is 15.8. The molecule has 4 nitrogen and oxygen atoms in total. The molecule has 0 aromatic heterocycles. The predicted octanol–water partition coefficient (Wildman–Crippen LogP) is 2.14. The molecule has 118 valence electrons. The number of nitrogens with zero attached hydrogens (tertiary/aromatic N) is 1. The molecule has 0 aliphatic heterocycles. The molecule has 0 aliphatic rings. The molecule has 21 heavy (non-hydrogen) atoms. The van der Waals surface area contributed by atoms with Gasteiger partial charge in [0.2, 0.25) is 5.91 Å². The summed E-state index contributed by atoms with van der Waals surface area (Å²) in [6, 6.07) is 5.14. The van der Waals surface area contributed by atoms with Crippen LogP contribution in [0, 0.1) is 11.7 Å². The van der Waals surface area contributed by atoms with E-state index in [9.17, 15) is 9.18 Å². The van der Waals surface area contributed by atoms with Crippen molar-refractivity contribution >= 4 is 11.6 Å². The molecule has 0 spiro atoms. The third-order valence-corrected chi connectivity index (χ3v) is 3.06. The molecule has 0 aliphatic carbocycles. The number of rotatable bonds is 8. The van der Waals surface area contributed by atoms with Crippen LogP contribution in [0.2, 0.25) is 0 Å². The van der Waals surface area contributed by atoms with E-state index in [1.807, 2.05) is 13.0 Å². The Labute approximate surface area is 126 Å². The summed E-state index contributed by atoms with van der Waals surface area (Å²) in [6.45, 7) is 8.40. The highest BCUT2D eigenvalue weighted by molar-refractivity contribution is 5.81. The fourth-order valence-corrected chi connectivity index (χ4v) is 2.03. The molecule has 0 saturated carbocycles. The van der Waals surface area contributed by atoms with Crippen molar-refractivity contribution in [2.75, 3.05) is 31.6 Å². The van der Waals surface area contributed by atoms with Crippen molar-refractivity contribution in [2.45, 2.75) is 27.3 Å². The molecule has 0 unspecified atom stereocenters. The van der Waals surface area contributed by atoms with E-state index < -0.39 is 0 Å². The first-order valence-corrected chi connectivity index (χ1v) is 7.41. The first kappa shape index (κ1) is 17.4. The normalized spacial score (nSPS) is 10.8. The van der Waals surface area contributed by atoms with Gasteiger partial charge >= 0.3 is 0 Å². The van der Waals surface area contributed by atoms with E-state index in [-0.39, 0.29) is 18.3 Å². The van der Waals surface area contributed by atoms with Gasteiger partial charge in [-0.25, -0.2) is 4.39 Å². The molecule has 5 heteroatoms. The lowest BCUT2D eigenvalue weighted by atomic mass is 10.1. The number of hydrogen-bond acceptors (Lipinski definition) is 3. The van der Waals surface area contributed by atoms with E-state index in [0.29, 0.717) is 24.7 Å². The average molecular weight is 295 g/mol. The maximum Gasteiger partial charge on any atom is 0.239 e. The summed E-state index contributed by atoms with van der Waals surface area (Å²) in [5.41, 5.74) is 1.34. The topological polar surface area (TPSA) is 44.4 Å². The molecule has 0 bridgehead atoms. The van der Waals surface area contributed by atoms with Crippen LogP contribution in [0.25, 0.3) is 0 Å². The Morgan fingerprint density at radius 3 is 2.67 bits per heavy atom. The van der Waals surface area contributed by atoms with Gasteiger partial charge in [-0.15, -0.1) is 0 Å². The lowest BCUT2D eigenvalue weighted by Crippen LogP contribution is -2.35. The summed E-state index contributed by atoms with van der Waals surface area (Å²) >= 11 is 0. The van der Waals surface area contributed by atoms with E-state index in [0.717, 1.165) is 12.1 Å². The van der Waals surface area contributed by atoms with E-state index in [1.165, 1.54) is 6.07 Å². The van der Waals surface area contributed by atoms with Gasteiger partial charge in [0.1, 0.15) is 5.82 Å². The molecule has 0 fully saturated rings. The van der Waals surface area contributed by atoms with Crippen molar-refractivity contribution in [1.82, 2.24) is 10.6 Å². The number of nitrogens with one attached hydrogen (secondary N) is 2. The Kier molecular flexibility index (Phi) is 7.15. The van der Waals surface area contributed by atoms with Gasteiger partial charge in [0.05, 0.1) is 12.2 Å². The quantitative estimate of drug-likeness (QED) is 0.772. The minimum Gasteiger partial charge on any atom is -0.363 e. The van der Waals surface area contributed by atoms with Crippen LogP contribution >= 0.6 is 0 Å². The zero-order valence-corrected chi connectivity index (χ0v) is 13.4. The van der Waals surface area contributed by atoms with Crippen LogP contribution < -0.4 is 15.5 Å². The molecule has 0 saturated heterocycles. The van der Waals surface area contributed by atoms with Crippen molar-refractivity contribution < 1.29 is 9.18 Å². The van der Waals surface area contributed by atoms with E-state index in [1.54, 1.807) is 18.0 Å². The SMILES string of the molecule is CCNC(=O)CN(C)c1ccc(CNCC(C)C)cc1F. The van der Waals surface area contributed by atoms with Crippen LogP contribution in [0.15, 0.2) is 18.2 Å². The number of carbonyl (C=O) groups is 1. The number of anilines is 1. The Balaban J connectivity index is 2.62. The molecule has 0 radical (unpaired) electrons. The lowest BCUT2D eigenvalue weighted by molar-refractivity contribution is -0.119. The summed E-state index contributed by atoms with van der Waals surface area (Å²) in [5, 5.41) is 5.98. The van der Waals surface area contributed by atoms with Gasteiger partial charge in [0.25, 0.3) is 0 Å². The van der Waals surface area contributed by atoms with Gasteiger partial charge in [-0.05, 0) is 37.1 Å². The van der Waals surface area contributed by atoms with Crippen LogP contribution in [0.1, 0.15) is 26.3 Å². The van der Waals surface area contributed by atoms with Crippen molar-refractivity contribution in [2.24, 2.45) is 5.92 Å². The molecule has 0 atom stereocenters. The first-order chi connectivity index (χ1) is 9.93.